The normalized spacial score (nSPS) is 14.2. The lowest BCUT2D eigenvalue weighted by atomic mass is 10.1. The van der Waals surface area contributed by atoms with E-state index in [1.807, 2.05) is 23.1 Å². The van der Waals surface area contributed by atoms with Crippen molar-refractivity contribution < 1.29 is 9.59 Å². The Balaban J connectivity index is 0.00000225. The summed E-state index contributed by atoms with van der Waals surface area (Å²) in [5.41, 5.74) is 1.93. The maximum absolute atomic E-state index is 12.5. The zero-order valence-electron chi connectivity index (χ0n) is 13.9. The van der Waals surface area contributed by atoms with Gasteiger partial charge in [-0.3, -0.25) is 9.59 Å². The van der Waals surface area contributed by atoms with Crippen molar-refractivity contribution in [1.82, 2.24) is 10.2 Å². The van der Waals surface area contributed by atoms with Crippen LogP contribution in [-0.2, 0) is 0 Å². The minimum atomic E-state index is -0.159. The molecule has 0 atom stereocenters. The van der Waals surface area contributed by atoms with Gasteiger partial charge in [-0.15, -0.1) is 12.4 Å². The van der Waals surface area contributed by atoms with Crippen LogP contribution in [0.3, 0.4) is 0 Å². The molecule has 0 aliphatic carbocycles. The van der Waals surface area contributed by atoms with Gasteiger partial charge in [0.05, 0.1) is 0 Å². The summed E-state index contributed by atoms with van der Waals surface area (Å²) in [6.45, 7) is 3.29. The van der Waals surface area contributed by atoms with Crippen molar-refractivity contribution in [2.75, 3.05) is 31.5 Å². The van der Waals surface area contributed by atoms with Gasteiger partial charge in [0.15, 0.2) is 0 Å². The van der Waals surface area contributed by atoms with E-state index >= 15 is 0 Å². The Kier molecular flexibility index (Phi) is 6.98. The summed E-state index contributed by atoms with van der Waals surface area (Å²) >= 11 is 0. The summed E-state index contributed by atoms with van der Waals surface area (Å²) in [6.07, 6.45) is 0.969. The van der Waals surface area contributed by atoms with Gasteiger partial charge in [-0.1, -0.05) is 18.2 Å². The highest BCUT2D eigenvalue weighted by atomic mass is 35.5. The Bertz CT molecular complexity index is 696. The lowest BCUT2D eigenvalue weighted by Crippen LogP contribution is -2.34. The van der Waals surface area contributed by atoms with Gasteiger partial charge in [0.2, 0.25) is 0 Å². The van der Waals surface area contributed by atoms with Crippen molar-refractivity contribution in [2.45, 2.75) is 6.42 Å². The fourth-order valence-electron chi connectivity index (χ4n) is 2.72. The van der Waals surface area contributed by atoms with Gasteiger partial charge in [0.25, 0.3) is 11.8 Å². The number of amides is 2. The van der Waals surface area contributed by atoms with Crippen LogP contribution in [0.2, 0.25) is 0 Å². The fourth-order valence-corrected chi connectivity index (χ4v) is 2.72. The molecule has 0 aromatic heterocycles. The zero-order valence-corrected chi connectivity index (χ0v) is 14.7. The molecule has 132 valence electrons. The highest BCUT2D eigenvalue weighted by Gasteiger charge is 2.17. The van der Waals surface area contributed by atoms with Crippen molar-refractivity contribution in [2.24, 2.45) is 0 Å². The summed E-state index contributed by atoms with van der Waals surface area (Å²) in [5, 5.41) is 6.13. The maximum Gasteiger partial charge on any atom is 0.255 e. The Hall–Kier alpha value is -2.37. The molecular weight excluding hydrogens is 338 g/mol. The van der Waals surface area contributed by atoms with E-state index in [0.29, 0.717) is 16.8 Å². The van der Waals surface area contributed by atoms with Crippen molar-refractivity contribution in [1.29, 1.82) is 0 Å². The Morgan fingerprint density at radius 3 is 2.32 bits per heavy atom. The minimum Gasteiger partial charge on any atom is -0.337 e. The lowest BCUT2D eigenvalue weighted by molar-refractivity contribution is 0.0766. The van der Waals surface area contributed by atoms with E-state index in [9.17, 15) is 9.59 Å². The van der Waals surface area contributed by atoms with E-state index in [2.05, 4.69) is 10.6 Å². The van der Waals surface area contributed by atoms with Gasteiger partial charge in [0.1, 0.15) is 0 Å². The largest absolute Gasteiger partial charge is 0.337 e. The molecule has 0 spiro atoms. The zero-order chi connectivity index (χ0) is 16.8. The first kappa shape index (κ1) is 19.0. The third-order valence-corrected chi connectivity index (χ3v) is 4.05. The molecule has 5 nitrogen and oxygen atoms in total. The first-order valence-corrected chi connectivity index (χ1v) is 8.20. The number of carbonyl (C=O) groups excluding carboxylic acids is 2. The molecule has 0 bridgehead atoms. The topological polar surface area (TPSA) is 61.4 Å². The number of rotatable bonds is 3. The van der Waals surface area contributed by atoms with Crippen LogP contribution in [0.15, 0.2) is 54.6 Å². The molecule has 1 saturated heterocycles. The van der Waals surface area contributed by atoms with Crippen LogP contribution in [0.25, 0.3) is 0 Å². The monoisotopic (exact) mass is 359 g/mol. The van der Waals surface area contributed by atoms with E-state index in [4.69, 9.17) is 0 Å². The molecule has 0 radical (unpaired) electrons. The van der Waals surface area contributed by atoms with Crippen LogP contribution < -0.4 is 10.6 Å². The summed E-state index contributed by atoms with van der Waals surface area (Å²) in [5.74, 6) is -0.118. The van der Waals surface area contributed by atoms with Crippen LogP contribution in [-0.4, -0.2) is 42.9 Å². The smallest absolute Gasteiger partial charge is 0.255 e. The number of carbonyl (C=O) groups is 2. The molecule has 1 aliphatic rings. The van der Waals surface area contributed by atoms with E-state index in [-0.39, 0.29) is 24.2 Å². The molecule has 25 heavy (non-hydrogen) atoms. The highest BCUT2D eigenvalue weighted by Crippen LogP contribution is 2.13. The third kappa shape index (κ3) is 5.05. The predicted molar refractivity (Wildman–Crippen MR) is 101 cm³/mol. The van der Waals surface area contributed by atoms with Crippen molar-refractivity contribution in [3.8, 4) is 0 Å². The average molecular weight is 360 g/mol. The van der Waals surface area contributed by atoms with Gasteiger partial charge in [-0.25, -0.2) is 0 Å². The summed E-state index contributed by atoms with van der Waals surface area (Å²) in [6, 6.07) is 16.1. The average Bonchev–Trinajstić information content (AvgIpc) is 2.92. The number of nitrogens with one attached hydrogen (secondary N) is 2. The molecular formula is C19H22ClN3O2. The van der Waals surface area contributed by atoms with Crippen LogP contribution in [0, 0.1) is 0 Å². The first-order chi connectivity index (χ1) is 11.7. The molecule has 0 saturated carbocycles. The first-order valence-electron chi connectivity index (χ1n) is 8.20. The van der Waals surface area contributed by atoms with E-state index in [0.717, 1.165) is 32.6 Å². The molecule has 1 fully saturated rings. The maximum atomic E-state index is 12.5. The van der Waals surface area contributed by atoms with Crippen LogP contribution in [0.1, 0.15) is 27.1 Å². The number of hydrogen-bond acceptors (Lipinski definition) is 3. The Labute approximate surface area is 153 Å². The molecule has 0 unspecified atom stereocenters. The number of benzene rings is 2. The van der Waals surface area contributed by atoms with Gasteiger partial charge in [0, 0.05) is 36.4 Å². The number of nitrogens with zero attached hydrogens (tertiary/aromatic N) is 1. The van der Waals surface area contributed by atoms with Crippen LogP contribution in [0.5, 0.6) is 0 Å². The summed E-state index contributed by atoms with van der Waals surface area (Å²) < 4.78 is 0. The number of anilines is 1. The molecule has 1 heterocycles. The van der Waals surface area contributed by atoms with Gasteiger partial charge < -0.3 is 15.5 Å². The quantitative estimate of drug-likeness (QED) is 0.885. The van der Waals surface area contributed by atoms with Crippen molar-refractivity contribution in [3.63, 3.8) is 0 Å². The Morgan fingerprint density at radius 1 is 0.880 bits per heavy atom. The molecule has 2 aromatic rings. The minimum absolute atomic E-state index is 0. The standard InChI is InChI=1S/C19H21N3O2.ClH/c23-18(15-5-2-1-3-6-15)21-17-9-7-16(8-10-17)19(24)22-13-4-11-20-12-14-22;/h1-3,5-10,20H,4,11-14H2,(H,21,23);1H. The van der Waals surface area contributed by atoms with Gasteiger partial charge in [-0.05, 0) is 49.4 Å². The molecule has 2 N–H and O–H groups in total. The van der Waals surface area contributed by atoms with E-state index < -0.39 is 0 Å². The van der Waals surface area contributed by atoms with Crippen LogP contribution in [0.4, 0.5) is 5.69 Å². The number of halogens is 1. The third-order valence-electron chi connectivity index (χ3n) is 4.05. The SMILES string of the molecule is Cl.O=C(Nc1ccc(C(=O)N2CCCNCC2)cc1)c1ccccc1. The van der Waals surface area contributed by atoms with Gasteiger partial charge in [-0.2, -0.15) is 0 Å². The summed E-state index contributed by atoms with van der Waals surface area (Å²) in [7, 11) is 0. The molecule has 2 aromatic carbocycles. The van der Waals surface area contributed by atoms with E-state index in [1.54, 1.807) is 36.4 Å². The second-order valence-electron chi connectivity index (χ2n) is 5.79. The van der Waals surface area contributed by atoms with Gasteiger partial charge >= 0.3 is 0 Å². The van der Waals surface area contributed by atoms with Crippen molar-refractivity contribution in [3.05, 3.63) is 65.7 Å². The predicted octanol–water partition coefficient (Wildman–Crippen LogP) is 2.80. The molecule has 3 rings (SSSR count). The van der Waals surface area contributed by atoms with Crippen LogP contribution >= 0.6 is 12.4 Å². The van der Waals surface area contributed by atoms with Crippen molar-refractivity contribution >= 4 is 29.9 Å². The highest BCUT2D eigenvalue weighted by molar-refractivity contribution is 6.04. The second kappa shape index (κ2) is 9.20. The summed E-state index contributed by atoms with van der Waals surface area (Å²) in [4.78, 5) is 26.5. The molecule has 2 amide bonds. The fraction of sp³-hybridized carbons (Fsp3) is 0.263. The molecule has 1 aliphatic heterocycles. The molecule has 6 heteroatoms. The lowest BCUT2D eigenvalue weighted by Gasteiger charge is -2.20. The van der Waals surface area contributed by atoms with E-state index in [1.165, 1.54) is 0 Å². The second-order valence-corrected chi connectivity index (χ2v) is 5.79. The number of hydrogen-bond donors (Lipinski definition) is 2. The Morgan fingerprint density at radius 2 is 1.60 bits per heavy atom.